The van der Waals surface area contributed by atoms with Crippen molar-refractivity contribution >= 4 is 18.7 Å². The van der Waals surface area contributed by atoms with Crippen LogP contribution in [0.5, 0.6) is 0 Å². The van der Waals surface area contributed by atoms with Gasteiger partial charge in [-0.05, 0) is 40.1 Å². The second kappa shape index (κ2) is 6.63. The quantitative estimate of drug-likeness (QED) is 0.820. The highest BCUT2D eigenvalue weighted by Gasteiger charge is 2.55. The lowest BCUT2D eigenvalue weighted by Crippen LogP contribution is -2.67. The van der Waals surface area contributed by atoms with Gasteiger partial charge in [-0.2, -0.15) is 0 Å². The fourth-order valence-corrected chi connectivity index (χ4v) is 9.62. The van der Waals surface area contributed by atoms with Gasteiger partial charge in [-0.1, -0.05) is 81.4 Å². The Balaban J connectivity index is 1.72. The molecule has 138 valence electrons. The van der Waals surface area contributed by atoms with E-state index in [9.17, 15) is 5.11 Å². The van der Waals surface area contributed by atoms with Crippen LogP contribution in [0.15, 0.2) is 60.7 Å². The van der Waals surface area contributed by atoms with Crippen molar-refractivity contribution in [3.8, 4) is 0 Å². The number of aliphatic hydroxyl groups excluding tert-OH is 1. The van der Waals surface area contributed by atoms with Gasteiger partial charge < -0.3 is 9.53 Å². The number of fused-ring (bicyclic) bond motifs is 1. The zero-order valence-corrected chi connectivity index (χ0v) is 17.1. The number of benzene rings is 2. The predicted molar refractivity (Wildman–Crippen MR) is 109 cm³/mol. The third kappa shape index (κ3) is 2.96. The summed E-state index contributed by atoms with van der Waals surface area (Å²) in [6.45, 7) is 7.59. The van der Waals surface area contributed by atoms with Crippen molar-refractivity contribution < 1.29 is 9.53 Å². The number of hydrogen-bond acceptors (Lipinski definition) is 2. The van der Waals surface area contributed by atoms with Gasteiger partial charge in [-0.15, -0.1) is 0 Å². The minimum absolute atomic E-state index is 0.00217. The Kier molecular flexibility index (Phi) is 4.58. The van der Waals surface area contributed by atoms with Crippen LogP contribution in [0.1, 0.15) is 33.6 Å². The van der Waals surface area contributed by atoms with E-state index in [-0.39, 0.29) is 11.1 Å². The lowest BCUT2D eigenvalue weighted by Gasteiger charge is -2.43. The van der Waals surface area contributed by atoms with Crippen molar-refractivity contribution in [1.29, 1.82) is 0 Å². The van der Waals surface area contributed by atoms with Gasteiger partial charge in [0.05, 0.1) is 6.10 Å². The maximum atomic E-state index is 10.6. The molecule has 2 aromatic carbocycles. The molecule has 26 heavy (non-hydrogen) atoms. The Morgan fingerprint density at radius 3 is 1.88 bits per heavy atom. The molecule has 0 aromatic heterocycles. The Morgan fingerprint density at radius 2 is 1.46 bits per heavy atom. The van der Waals surface area contributed by atoms with Gasteiger partial charge in [-0.25, -0.2) is 0 Å². The van der Waals surface area contributed by atoms with Crippen LogP contribution < -0.4 is 10.4 Å². The summed E-state index contributed by atoms with van der Waals surface area (Å²) in [6, 6.07) is 21.5. The van der Waals surface area contributed by atoms with Crippen LogP contribution in [-0.4, -0.2) is 26.1 Å². The Labute approximate surface area is 158 Å². The summed E-state index contributed by atoms with van der Waals surface area (Å²) in [6.07, 6.45) is 2.18. The van der Waals surface area contributed by atoms with Crippen molar-refractivity contribution in [1.82, 2.24) is 0 Å². The van der Waals surface area contributed by atoms with Gasteiger partial charge in [0.2, 0.25) is 0 Å². The van der Waals surface area contributed by atoms with Gasteiger partial charge in [0.25, 0.3) is 8.32 Å². The van der Waals surface area contributed by atoms with Gasteiger partial charge in [0, 0.05) is 12.5 Å². The topological polar surface area (TPSA) is 29.5 Å². The van der Waals surface area contributed by atoms with E-state index in [0.29, 0.717) is 18.4 Å². The third-order valence-electron chi connectivity index (χ3n) is 6.44. The fraction of sp³-hybridized carbons (Fsp3) is 0.478. The summed E-state index contributed by atoms with van der Waals surface area (Å²) in [4.78, 5) is 0. The second-order valence-corrected chi connectivity index (χ2v) is 13.4. The molecule has 2 nitrogen and oxygen atoms in total. The molecule has 0 aliphatic heterocycles. The zero-order valence-electron chi connectivity index (χ0n) is 16.1. The van der Waals surface area contributed by atoms with E-state index >= 15 is 0 Å². The van der Waals surface area contributed by atoms with Crippen LogP contribution in [-0.2, 0) is 4.43 Å². The SMILES string of the molecule is CC(C)(C)[Si](OC[C@H]1C[C@@H]2C[C@@H]2[C@@H]1O)(c1ccccc1)c1ccccc1. The standard InChI is InChI=1S/C23H30O2Si/c1-23(2,3)26(19-10-6-4-7-11-19,20-12-8-5-9-13-20)25-16-18-14-17-15-21(17)22(18)24/h4-13,17-18,21-22,24H,14-16H2,1-3H3/t17-,18-,21+,22-/m1/s1. The first kappa shape index (κ1) is 18.0. The molecule has 0 heterocycles. The first-order valence-corrected chi connectivity index (χ1v) is 11.8. The van der Waals surface area contributed by atoms with Crippen molar-refractivity contribution in [3.63, 3.8) is 0 Å². The molecule has 3 heteroatoms. The lowest BCUT2D eigenvalue weighted by molar-refractivity contribution is 0.0747. The highest BCUT2D eigenvalue weighted by atomic mass is 28.4. The molecule has 4 atom stereocenters. The van der Waals surface area contributed by atoms with Crippen LogP contribution in [0.2, 0.25) is 5.04 Å². The number of hydrogen-bond donors (Lipinski definition) is 1. The molecular formula is C23H30O2Si. The highest BCUT2D eigenvalue weighted by molar-refractivity contribution is 6.99. The molecule has 2 saturated carbocycles. The van der Waals surface area contributed by atoms with Crippen molar-refractivity contribution in [2.24, 2.45) is 17.8 Å². The van der Waals surface area contributed by atoms with Gasteiger partial charge in [0.15, 0.2) is 0 Å². The molecule has 0 unspecified atom stereocenters. The largest absolute Gasteiger partial charge is 0.407 e. The Hall–Kier alpha value is -1.42. The molecule has 0 bridgehead atoms. The maximum Gasteiger partial charge on any atom is 0.261 e. The molecule has 0 saturated heterocycles. The van der Waals surface area contributed by atoms with Crippen LogP contribution >= 0.6 is 0 Å². The van der Waals surface area contributed by atoms with Gasteiger partial charge >= 0.3 is 0 Å². The molecule has 1 N–H and O–H groups in total. The van der Waals surface area contributed by atoms with E-state index in [0.717, 1.165) is 12.3 Å². The smallest absolute Gasteiger partial charge is 0.261 e. The molecule has 0 amide bonds. The van der Waals surface area contributed by atoms with E-state index in [2.05, 4.69) is 81.4 Å². The molecule has 2 aliphatic rings. The molecule has 2 fully saturated rings. The summed E-state index contributed by atoms with van der Waals surface area (Å²) in [5, 5.41) is 13.2. The van der Waals surface area contributed by atoms with Crippen LogP contribution in [0.25, 0.3) is 0 Å². The average Bonchev–Trinajstić information content (AvgIpc) is 3.34. The van der Waals surface area contributed by atoms with Crippen LogP contribution in [0, 0.1) is 17.8 Å². The summed E-state index contributed by atoms with van der Waals surface area (Å²) in [7, 11) is -2.46. The minimum atomic E-state index is -2.46. The van der Waals surface area contributed by atoms with Gasteiger partial charge in [0.1, 0.15) is 0 Å². The maximum absolute atomic E-state index is 10.6. The molecule has 0 radical (unpaired) electrons. The number of aliphatic hydroxyl groups is 1. The van der Waals surface area contributed by atoms with Crippen molar-refractivity contribution in [2.45, 2.75) is 44.8 Å². The van der Waals surface area contributed by atoms with Crippen LogP contribution in [0.4, 0.5) is 0 Å². The predicted octanol–water partition coefficient (Wildman–Crippen LogP) is 3.58. The first-order chi connectivity index (χ1) is 12.4. The molecule has 4 rings (SSSR count). The van der Waals surface area contributed by atoms with Crippen LogP contribution in [0.3, 0.4) is 0 Å². The Bertz CT molecular complexity index is 698. The fourth-order valence-electron chi connectivity index (χ4n) is 5.00. The number of rotatable bonds is 5. The summed E-state index contributed by atoms with van der Waals surface area (Å²) in [5.74, 6) is 1.58. The molecule has 0 spiro atoms. The summed E-state index contributed by atoms with van der Waals surface area (Å²) >= 11 is 0. The Morgan fingerprint density at radius 1 is 0.923 bits per heavy atom. The average molecular weight is 367 g/mol. The van der Waals surface area contributed by atoms with E-state index in [1.54, 1.807) is 0 Å². The normalized spacial score (nSPS) is 28.0. The third-order valence-corrected chi connectivity index (χ3v) is 11.4. The minimum Gasteiger partial charge on any atom is -0.407 e. The summed E-state index contributed by atoms with van der Waals surface area (Å²) in [5.41, 5.74) is 0. The summed E-state index contributed by atoms with van der Waals surface area (Å²) < 4.78 is 6.97. The van der Waals surface area contributed by atoms with E-state index < -0.39 is 8.32 Å². The zero-order chi connectivity index (χ0) is 18.4. The van der Waals surface area contributed by atoms with E-state index in [1.807, 2.05) is 0 Å². The lowest BCUT2D eigenvalue weighted by atomic mass is 10.0. The van der Waals surface area contributed by atoms with Gasteiger partial charge in [-0.3, -0.25) is 0 Å². The van der Waals surface area contributed by atoms with E-state index in [1.165, 1.54) is 16.8 Å². The highest BCUT2D eigenvalue weighted by Crippen LogP contribution is 2.54. The molecule has 2 aromatic rings. The monoisotopic (exact) mass is 366 g/mol. The molecule has 2 aliphatic carbocycles. The first-order valence-electron chi connectivity index (χ1n) is 9.86. The molecular weight excluding hydrogens is 336 g/mol. The second-order valence-electron chi connectivity index (χ2n) is 9.12. The van der Waals surface area contributed by atoms with E-state index in [4.69, 9.17) is 4.43 Å². The van der Waals surface area contributed by atoms with Crippen molar-refractivity contribution in [2.75, 3.05) is 6.61 Å². The van der Waals surface area contributed by atoms with Crippen molar-refractivity contribution in [3.05, 3.63) is 60.7 Å².